The molecule has 0 radical (unpaired) electrons. The molecule has 0 aliphatic heterocycles. The summed E-state index contributed by atoms with van der Waals surface area (Å²) in [5.41, 5.74) is 4.34. The van der Waals surface area contributed by atoms with Crippen molar-refractivity contribution in [3.05, 3.63) is 36.8 Å². The highest BCUT2D eigenvalue weighted by Crippen LogP contribution is 2.35. The molecule has 1 saturated carbocycles. The minimum atomic E-state index is 0.0660. The van der Waals surface area contributed by atoms with Crippen molar-refractivity contribution in [2.75, 3.05) is 25.6 Å². The summed E-state index contributed by atoms with van der Waals surface area (Å²) in [4.78, 5) is 21.4. The van der Waals surface area contributed by atoms with E-state index >= 15 is 0 Å². The van der Waals surface area contributed by atoms with Crippen LogP contribution in [0.3, 0.4) is 0 Å². The van der Waals surface area contributed by atoms with Gasteiger partial charge in [0.25, 0.3) is 0 Å². The SMILES string of the molecule is COc1nc(NC2CCC(OCCO)CC2)nc2[nH]cc(-c3ccc4nccnc4c3)c12. The first-order chi connectivity index (χ1) is 15.7. The van der Waals surface area contributed by atoms with Crippen molar-refractivity contribution >= 4 is 28.0 Å². The Labute approximate surface area is 185 Å². The monoisotopic (exact) mass is 434 g/mol. The number of nitrogens with one attached hydrogen (secondary N) is 2. The fourth-order valence-electron chi connectivity index (χ4n) is 4.35. The fourth-order valence-corrected chi connectivity index (χ4v) is 4.35. The molecule has 9 nitrogen and oxygen atoms in total. The molecule has 0 atom stereocenters. The third-order valence-corrected chi connectivity index (χ3v) is 5.92. The maximum absolute atomic E-state index is 8.93. The van der Waals surface area contributed by atoms with Crippen LogP contribution in [-0.2, 0) is 4.74 Å². The number of hydrogen-bond acceptors (Lipinski definition) is 8. The number of anilines is 1. The van der Waals surface area contributed by atoms with Gasteiger partial charge in [0.05, 0.1) is 42.8 Å². The van der Waals surface area contributed by atoms with Gasteiger partial charge in [0.2, 0.25) is 11.8 Å². The van der Waals surface area contributed by atoms with Crippen LogP contribution in [-0.4, -0.2) is 62.5 Å². The van der Waals surface area contributed by atoms with E-state index < -0.39 is 0 Å². The van der Waals surface area contributed by atoms with Gasteiger partial charge in [-0.2, -0.15) is 9.97 Å². The van der Waals surface area contributed by atoms with E-state index in [1.54, 1.807) is 19.5 Å². The molecule has 1 aromatic carbocycles. The van der Waals surface area contributed by atoms with Gasteiger partial charge in [0.15, 0.2) is 0 Å². The van der Waals surface area contributed by atoms with E-state index in [0.29, 0.717) is 24.1 Å². The summed E-state index contributed by atoms with van der Waals surface area (Å²) in [6.07, 6.45) is 9.36. The van der Waals surface area contributed by atoms with Gasteiger partial charge in [0.1, 0.15) is 5.65 Å². The molecule has 1 fully saturated rings. The molecule has 9 heteroatoms. The highest BCUT2D eigenvalue weighted by Gasteiger charge is 2.23. The van der Waals surface area contributed by atoms with E-state index in [1.807, 2.05) is 24.4 Å². The summed E-state index contributed by atoms with van der Waals surface area (Å²) in [6.45, 7) is 0.468. The number of ether oxygens (including phenoxy) is 2. The molecule has 0 unspecified atom stereocenters. The third-order valence-electron chi connectivity index (χ3n) is 5.92. The number of H-pyrrole nitrogens is 1. The van der Waals surface area contributed by atoms with Gasteiger partial charge >= 0.3 is 0 Å². The van der Waals surface area contributed by atoms with Crippen LogP contribution in [0.15, 0.2) is 36.8 Å². The first-order valence-electron chi connectivity index (χ1n) is 10.9. The molecular formula is C23H26N6O3. The van der Waals surface area contributed by atoms with Crippen LogP contribution < -0.4 is 10.1 Å². The predicted molar refractivity (Wildman–Crippen MR) is 122 cm³/mol. The normalized spacial score (nSPS) is 18.8. The minimum absolute atomic E-state index is 0.0660. The van der Waals surface area contributed by atoms with Crippen molar-refractivity contribution < 1.29 is 14.6 Å². The summed E-state index contributed by atoms with van der Waals surface area (Å²) in [6, 6.07) is 6.26. The number of methoxy groups -OCH3 is 1. The van der Waals surface area contributed by atoms with Crippen molar-refractivity contribution in [3.8, 4) is 17.0 Å². The average molecular weight is 435 g/mol. The summed E-state index contributed by atoms with van der Waals surface area (Å²) in [5, 5.41) is 13.2. The number of rotatable bonds is 7. The highest BCUT2D eigenvalue weighted by molar-refractivity contribution is 5.99. The molecule has 3 heterocycles. The van der Waals surface area contributed by atoms with Gasteiger partial charge in [-0.1, -0.05) is 6.07 Å². The van der Waals surface area contributed by atoms with Crippen LogP contribution in [0.4, 0.5) is 5.95 Å². The second kappa shape index (κ2) is 9.05. The fraction of sp³-hybridized carbons (Fsp3) is 0.391. The first kappa shape index (κ1) is 20.6. The molecule has 4 aromatic rings. The lowest BCUT2D eigenvalue weighted by atomic mass is 9.93. The van der Waals surface area contributed by atoms with Crippen LogP contribution in [0.25, 0.3) is 33.2 Å². The van der Waals surface area contributed by atoms with Crippen molar-refractivity contribution in [1.82, 2.24) is 24.9 Å². The topological polar surface area (TPSA) is 118 Å². The number of aliphatic hydroxyl groups is 1. The van der Waals surface area contributed by atoms with Crippen molar-refractivity contribution in [2.24, 2.45) is 0 Å². The van der Waals surface area contributed by atoms with Crippen LogP contribution in [0.5, 0.6) is 5.88 Å². The molecule has 0 spiro atoms. The molecule has 0 saturated heterocycles. The maximum atomic E-state index is 8.93. The molecule has 5 rings (SSSR count). The predicted octanol–water partition coefficient (Wildman–Crippen LogP) is 3.31. The maximum Gasteiger partial charge on any atom is 0.228 e. The van der Waals surface area contributed by atoms with Crippen molar-refractivity contribution in [2.45, 2.75) is 37.8 Å². The van der Waals surface area contributed by atoms with Gasteiger partial charge in [-0.05, 0) is 43.4 Å². The molecule has 1 aliphatic rings. The Kier molecular flexibility index (Phi) is 5.83. The molecule has 3 aromatic heterocycles. The number of benzene rings is 1. The van der Waals surface area contributed by atoms with Crippen molar-refractivity contribution in [1.29, 1.82) is 0 Å². The van der Waals surface area contributed by atoms with Crippen LogP contribution in [0.2, 0.25) is 0 Å². The van der Waals surface area contributed by atoms with Gasteiger partial charge in [0, 0.05) is 30.2 Å². The molecular weight excluding hydrogens is 408 g/mol. The standard InChI is InChI=1S/C23H26N6O3/c1-31-22-20-17(14-2-7-18-19(12-14)25-9-8-24-18)13-26-21(20)28-23(29-22)27-15-3-5-16(6-4-15)32-11-10-30/h2,7-9,12-13,15-16,30H,3-6,10-11H2,1H3,(H2,26,27,28,29). The zero-order chi connectivity index (χ0) is 21.9. The van der Waals surface area contributed by atoms with Crippen molar-refractivity contribution in [3.63, 3.8) is 0 Å². The largest absolute Gasteiger partial charge is 0.480 e. The van der Waals surface area contributed by atoms with E-state index in [0.717, 1.165) is 53.2 Å². The average Bonchev–Trinajstić information content (AvgIpc) is 3.27. The molecule has 1 aliphatic carbocycles. The van der Waals surface area contributed by atoms with E-state index in [9.17, 15) is 0 Å². The van der Waals surface area contributed by atoms with Crippen LogP contribution in [0.1, 0.15) is 25.7 Å². The lowest BCUT2D eigenvalue weighted by Crippen LogP contribution is -2.30. The second-order valence-corrected chi connectivity index (χ2v) is 7.95. The molecule has 0 amide bonds. The molecule has 0 bridgehead atoms. The number of aliphatic hydroxyl groups excluding tert-OH is 1. The Morgan fingerprint density at radius 2 is 1.91 bits per heavy atom. The summed E-state index contributed by atoms with van der Waals surface area (Å²) in [7, 11) is 1.62. The number of fused-ring (bicyclic) bond motifs is 2. The smallest absolute Gasteiger partial charge is 0.228 e. The summed E-state index contributed by atoms with van der Waals surface area (Å²) in [5.74, 6) is 1.07. The van der Waals surface area contributed by atoms with E-state index in [-0.39, 0.29) is 18.8 Å². The number of nitrogens with zero attached hydrogens (tertiary/aromatic N) is 4. The first-order valence-corrected chi connectivity index (χ1v) is 10.9. The molecule has 32 heavy (non-hydrogen) atoms. The minimum Gasteiger partial charge on any atom is -0.480 e. The lowest BCUT2D eigenvalue weighted by Gasteiger charge is -2.29. The Morgan fingerprint density at radius 3 is 2.69 bits per heavy atom. The van der Waals surface area contributed by atoms with Gasteiger partial charge in [-0.3, -0.25) is 9.97 Å². The van der Waals surface area contributed by atoms with Gasteiger partial charge in [-0.25, -0.2) is 0 Å². The lowest BCUT2D eigenvalue weighted by molar-refractivity contribution is 0.00719. The summed E-state index contributed by atoms with van der Waals surface area (Å²) >= 11 is 0. The Balaban J connectivity index is 1.39. The highest BCUT2D eigenvalue weighted by atomic mass is 16.5. The van der Waals surface area contributed by atoms with Crippen LogP contribution in [0, 0.1) is 0 Å². The van der Waals surface area contributed by atoms with E-state index in [4.69, 9.17) is 19.6 Å². The third kappa shape index (κ3) is 4.09. The second-order valence-electron chi connectivity index (χ2n) is 7.95. The number of aromatic nitrogens is 5. The Morgan fingerprint density at radius 1 is 1.09 bits per heavy atom. The quantitative estimate of drug-likeness (QED) is 0.405. The van der Waals surface area contributed by atoms with E-state index in [1.165, 1.54) is 0 Å². The zero-order valence-electron chi connectivity index (χ0n) is 17.9. The summed E-state index contributed by atoms with van der Waals surface area (Å²) < 4.78 is 11.3. The molecule has 3 N–H and O–H groups in total. The number of hydrogen-bond donors (Lipinski definition) is 3. The Bertz CT molecular complexity index is 1220. The molecule has 166 valence electrons. The van der Waals surface area contributed by atoms with Gasteiger partial charge in [-0.15, -0.1) is 0 Å². The number of aromatic amines is 1. The van der Waals surface area contributed by atoms with Gasteiger partial charge < -0.3 is 24.9 Å². The Hall–Kier alpha value is -3.30. The zero-order valence-corrected chi connectivity index (χ0v) is 17.9. The van der Waals surface area contributed by atoms with Crippen LogP contribution >= 0.6 is 0 Å². The van der Waals surface area contributed by atoms with E-state index in [2.05, 4.69) is 25.3 Å².